The van der Waals surface area contributed by atoms with Gasteiger partial charge in [0, 0.05) is 12.1 Å². The lowest BCUT2D eigenvalue weighted by molar-refractivity contribution is 0.263. The SMILES string of the molecule is CCCN(CCC)Cc1n[nH]nc1-c1ccccc1C. The molecule has 0 unspecified atom stereocenters. The van der Waals surface area contributed by atoms with Gasteiger partial charge in [-0.15, -0.1) is 0 Å². The lowest BCUT2D eigenvalue weighted by atomic mass is 10.0. The van der Waals surface area contributed by atoms with Gasteiger partial charge in [0.25, 0.3) is 0 Å². The predicted molar refractivity (Wildman–Crippen MR) is 82.4 cm³/mol. The Balaban J connectivity index is 2.22. The van der Waals surface area contributed by atoms with Crippen molar-refractivity contribution in [1.29, 1.82) is 0 Å². The van der Waals surface area contributed by atoms with Gasteiger partial charge in [0.1, 0.15) is 11.4 Å². The molecule has 1 aromatic carbocycles. The molecule has 0 aliphatic heterocycles. The van der Waals surface area contributed by atoms with E-state index in [9.17, 15) is 0 Å². The summed E-state index contributed by atoms with van der Waals surface area (Å²) in [7, 11) is 0. The molecule has 0 radical (unpaired) electrons. The standard InChI is InChI=1S/C16H24N4/c1-4-10-20(11-5-2)12-15-16(18-19-17-15)14-9-7-6-8-13(14)3/h6-9H,4-5,10-12H2,1-3H3,(H,17,18,19). The predicted octanol–water partition coefficient (Wildman–Crippen LogP) is 3.40. The molecular weight excluding hydrogens is 248 g/mol. The van der Waals surface area contributed by atoms with Crippen molar-refractivity contribution in [3.8, 4) is 11.3 Å². The summed E-state index contributed by atoms with van der Waals surface area (Å²) in [6.07, 6.45) is 2.33. The second kappa shape index (κ2) is 7.20. The highest BCUT2D eigenvalue weighted by molar-refractivity contribution is 5.64. The van der Waals surface area contributed by atoms with Crippen molar-refractivity contribution in [2.75, 3.05) is 13.1 Å². The molecule has 0 amide bonds. The molecule has 0 aliphatic rings. The minimum Gasteiger partial charge on any atom is -0.297 e. The summed E-state index contributed by atoms with van der Waals surface area (Å²) >= 11 is 0. The van der Waals surface area contributed by atoms with Gasteiger partial charge in [-0.2, -0.15) is 15.4 Å². The van der Waals surface area contributed by atoms with E-state index in [0.29, 0.717) is 0 Å². The normalized spacial score (nSPS) is 11.2. The number of benzene rings is 1. The molecule has 0 saturated heterocycles. The van der Waals surface area contributed by atoms with Crippen LogP contribution in [0.5, 0.6) is 0 Å². The van der Waals surface area contributed by atoms with Crippen molar-refractivity contribution >= 4 is 0 Å². The van der Waals surface area contributed by atoms with Crippen molar-refractivity contribution in [3.05, 3.63) is 35.5 Å². The van der Waals surface area contributed by atoms with Gasteiger partial charge in [0.2, 0.25) is 0 Å². The van der Waals surface area contributed by atoms with Crippen LogP contribution in [-0.2, 0) is 6.54 Å². The third kappa shape index (κ3) is 3.45. The first kappa shape index (κ1) is 14.7. The molecule has 20 heavy (non-hydrogen) atoms. The summed E-state index contributed by atoms with van der Waals surface area (Å²) in [4.78, 5) is 2.44. The van der Waals surface area contributed by atoms with Crippen molar-refractivity contribution in [2.45, 2.75) is 40.2 Å². The fraction of sp³-hybridized carbons (Fsp3) is 0.500. The summed E-state index contributed by atoms with van der Waals surface area (Å²) in [5, 5.41) is 11.5. The molecule has 108 valence electrons. The van der Waals surface area contributed by atoms with Crippen LogP contribution in [0, 0.1) is 6.92 Å². The van der Waals surface area contributed by atoms with E-state index in [2.05, 4.69) is 65.3 Å². The zero-order valence-electron chi connectivity index (χ0n) is 12.7. The highest BCUT2D eigenvalue weighted by Crippen LogP contribution is 2.24. The Morgan fingerprint density at radius 2 is 1.75 bits per heavy atom. The first-order valence-electron chi connectivity index (χ1n) is 7.44. The number of nitrogens with one attached hydrogen (secondary N) is 1. The average molecular weight is 272 g/mol. The van der Waals surface area contributed by atoms with Crippen LogP contribution in [0.2, 0.25) is 0 Å². The molecule has 0 spiro atoms. The molecule has 0 saturated carbocycles. The van der Waals surface area contributed by atoms with E-state index in [0.717, 1.165) is 43.9 Å². The molecule has 1 heterocycles. The van der Waals surface area contributed by atoms with Gasteiger partial charge in [-0.1, -0.05) is 38.1 Å². The molecular formula is C16H24N4. The minimum atomic E-state index is 0.863. The smallest absolute Gasteiger partial charge is 0.117 e. The van der Waals surface area contributed by atoms with Crippen molar-refractivity contribution in [3.63, 3.8) is 0 Å². The van der Waals surface area contributed by atoms with Crippen LogP contribution in [-0.4, -0.2) is 33.4 Å². The molecule has 1 aromatic heterocycles. The Bertz CT molecular complexity index is 527. The van der Waals surface area contributed by atoms with Crippen LogP contribution in [0.1, 0.15) is 37.9 Å². The number of hydrogen-bond donors (Lipinski definition) is 1. The molecule has 0 aliphatic carbocycles. The van der Waals surface area contributed by atoms with E-state index in [1.54, 1.807) is 0 Å². The monoisotopic (exact) mass is 272 g/mol. The highest BCUT2D eigenvalue weighted by atomic mass is 15.3. The van der Waals surface area contributed by atoms with Crippen LogP contribution < -0.4 is 0 Å². The third-order valence-corrected chi connectivity index (χ3v) is 3.47. The lowest BCUT2D eigenvalue weighted by Gasteiger charge is -2.20. The molecule has 2 rings (SSSR count). The second-order valence-corrected chi connectivity index (χ2v) is 5.21. The molecule has 1 N–H and O–H groups in total. The Labute approximate surface area is 121 Å². The van der Waals surface area contributed by atoms with Gasteiger partial charge in [0.05, 0.1) is 0 Å². The average Bonchev–Trinajstić information content (AvgIpc) is 2.88. The number of H-pyrrole nitrogens is 1. The fourth-order valence-electron chi connectivity index (χ4n) is 2.53. The molecule has 4 nitrogen and oxygen atoms in total. The van der Waals surface area contributed by atoms with E-state index in [-0.39, 0.29) is 0 Å². The van der Waals surface area contributed by atoms with Crippen molar-refractivity contribution < 1.29 is 0 Å². The Hall–Kier alpha value is -1.68. The van der Waals surface area contributed by atoms with E-state index >= 15 is 0 Å². The van der Waals surface area contributed by atoms with Crippen LogP contribution in [0.25, 0.3) is 11.3 Å². The van der Waals surface area contributed by atoms with E-state index in [1.165, 1.54) is 11.1 Å². The summed E-state index contributed by atoms with van der Waals surface area (Å²) in [5.41, 5.74) is 4.44. The summed E-state index contributed by atoms with van der Waals surface area (Å²) < 4.78 is 0. The summed E-state index contributed by atoms with van der Waals surface area (Å²) in [6, 6.07) is 8.33. The van der Waals surface area contributed by atoms with Crippen LogP contribution in [0.4, 0.5) is 0 Å². The number of nitrogens with zero attached hydrogens (tertiary/aromatic N) is 3. The second-order valence-electron chi connectivity index (χ2n) is 5.21. The van der Waals surface area contributed by atoms with E-state index in [4.69, 9.17) is 0 Å². The Morgan fingerprint density at radius 3 is 2.40 bits per heavy atom. The number of aromatic amines is 1. The summed E-state index contributed by atoms with van der Waals surface area (Å²) in [6.45, 7) is 9.62. The zero-order valence-corrected chi connectivity index (χ0v) is 12.7. The molecule has 2 aromatic rings. The van der Waals surface area contributed by atoms with Crippen LogP contribution in [0.15, 0.2) is 24.3 Å². The van der Waals surface area contributed by atoms with Crippen molar-refractivity contribution in [2.24, 2.45) is 0 Å². The topological polar surface area (TPSA) is 44.8 Å². The number of hydrogen-bond acceptors (Lipinski definition) is 3. The van der Waals surface area contributed by atoms with Gasteiger partial charge in [0.15, 0.2) is 0 Å². The zero-order chi connectivity index (χ0) is 14.4. The van der Waals surface area contributed by atoms with E-state index < -0.39 is 0 Å². The van der Waals surface area contributed by atoms with Gasteiger partial charge in [-0.05, 0) is 38.4 Å². The number of rotatable bonds is 7. The fourth-order valence-corrected chi connectivity index (χ4v) is 2.53. The lowest BCUT2D eigenvalue weighted by Crippen LogP contribution is -2.25. The van der Waals surface area contributed by atoms with Gasteiger partial charge >= 0.3 is 0 Å². The Morgan fingerprint density at radius 1 is 1.05 bits per heavy atom. The minimum absolute atomic E-state index is 0.863. The number of aryl methyl sites for hydroxylation is 1. The van der Waals surface area contributed by atoms with E-state index in [1.807, 2.05) is 0 Å². The quantitative estimate of drug-likeness (QED) is 0.840. The molecule has 0 fully saturated rings. The maximum absolute atomic E-state index is 4.36. The molecule has 0 atom stereocenters. The van der Waals surface area contributed by atoms with Crippen LogP contribution >= 0.6 is 0 Å². The molecule has 4 heteroatoms. The third-order valence-electron chi connectivity index (χ3n) is 3.47. The van der Waals surface area contributed by atoms with Crippen LogP contribution in [0.3, 0.4) is 0 Å². The highest BCUT2D eigenvalue weighted by Gasteiger charge is 2.14. The Kier molecular flexibility index (Phi) is 5.30. The molecule has 0 bridgehead atoms. The number of aromatic nitrogens is 3. The van der Waals surface area contributed by atoms with Gasteiger partial charge in [-0.3, -0.25) is 4.90 Å². The van der Waals surface area contributed by atoms with Crippen molar-refractivity contribution in [1.82, 2.24) is 20.3 Å². The maximum atomic E-state index is 4.36. The first-order valence-corrected chi connectivity index (χ1v) is 7.44. The van der Waals surface area contributed by atoms with Gasteiger partial charge < -0.3 is 0 Å². The van der Waals surface area contributed by atoms with Gasteiger partial charge in [-0.25, -0.2) is 0 Å². The summed E-state index contributed by atoms with van der Waals surface area (Å²) in [5.74, 6) is 0. The largest absolute Gasteiger partial charge is 0.297 e. The maximum Gasteiger partial charge on any atom is 0.117 e. The first-order chi connectivity index (χ1) is 9.76.